The van der Waals surface area contributed by atoms with Gasteiger partial charge in [-0.15, -0.1) is 0 Å². The molecule has 8 heteroatoms. The van der Waals surface area contributed by atoms with Crippen LogP contribution in [0.5, 0.6) is 5.75 Å². The summed E-state index contributed by atoms with van der Waals surface area (Å²) in [5.41, 5.74) is 0.714. The lowest BCUT2D eigenvalue weighted by Crippen LogP contribution is -2.53. The molecule has 0 spiro atoms. The van der Waals surface area contributed by atoms with Gasteiger partial charge in [-0.2, -0.15) is 4.72 Å². The molecule has 0 bridgehead atoms. The lowest BCUT2D eigenvalue weighted by atomic mass is 10.0. The van der Waals surface area contributed by atoms with Gasteiger partial charge in [0.05, 0.1) is 25.2 Å². The summed E-state index contributed by atoms with van der Waals surface area (Å²) in [4.78, 5) is 14.5. The highest BCUT2D eigenvalue weighted by Crippen LogP contribution is 2.22. The quantitative estimate of drug-likeness (QED) is 0.812. The summed E-state index contributed by atoms with van der Waals surface area (Å²) in [6.07, 6.45) is 0. The van der Waals surface area contributed by atoms with Gasteiger partial charge in [-0.1, -0.05) is 13.8 Å². The van der Waals surface area contributed by atoms with Gasteiger partial charge in [-0.05, 0) is 36.6 Å². The summed E-state index contributed by atoms with van der Waals surface area (Å²) in [7, 11) is -2.29. The monoisotopic (exact) mass is 370 g/mol. The summed E-state index contributed by atoms with van der Waals surface area (Å²) in [6, 6.07) is 3.81. The first-order valence-corrected chi connectivity index (χ1v) is 9.78. The van der Waals surface area contributed by atoms with Gasteiger partial charge < -0.3 is 14.4 Å². The topological polar surface area (TPSA) is 84.9 Å². The van der Waals surface area contributed by atoms with E-state index in [2.05, 4.69) is 4.72 Å². The Morgan fingerprint density at radius 2 is 1.92 bits per heavy atom. The van der Waals surface area contributed by atoms with Crippen LogP contribution >= 0.6 is 0 Å². The molecule has 1 atom stereocenters. The van der Waals surface area contributed by atoms with Crippen molar-refractivity contribution in [3.8, 4) is 5.75 Å². The Morgan fingerprint density at radius 3 is 2.44 bits per heavy atom. The molecule has 0 saturated carbocycles. The first-order chi connectivity index (χ1) is 11.8. The summed E-state index contributed by atoms with van der Waals surface area (Å²) < 4.78 is 38.5. The molecule has 1 aliphatic heterocycles. The number of ether oxygens (including phenoxy) is 2. The molecule has 0 unspecified atom stereocenters. The van der Waals surface area contributed by atoms with Gasteiger partial charge in [0.25, 0.3) is 0 Å². The number of nitrogens with one attached hydrogen (secondary N) is 1. The lowest BCUT2D eigenvalue weighted by molar-refractivity contribution is -0.138. The second-order valence-corrected chi connectivity index (χ2v) is 8.13. The first-order valence-electron chi connectivity index (χ1n) is 8.29. The van der Waals surface area contributed by atoms with Crippen molar-refractivity contribution in [3.63, 3.8) is 0 Å². The van der Waals surface area contributed by atoms with Crippen molar-refractivity contribution in [2.75, 3.05) is 33.4 Å². The van der Waals surface area contributed by atoms with E-state index in [1.54, 1.807) is 17.9 Å². The van der Waals surface area contributed by atoms with Crippen molar-refractivity contribution in [1.29, 1.82) is 0 Å². The molecule has 1 N–H and O–H groups in total. The summed E-state index contributed by atoms with van der Waals surface area (Å²) >= 11 is 0. The number of aryl methyl sites for hydroxylation is 1. The number of methoxy groups -OCH3 is 1. The largest absolute Gasteiger partial charge is 0.496 e. The van der Waals surface area contributed by atoms with Crippen LogP contribution in [0.3, 0.4) is 0 Å². The second kappa shape index (κ2) is 8.16. The highest BCUT2D eigenvalue weighted by molar-refractivity contribution is 7.89. The third kappa shape index (κ3) is 4.71. The van der Waals surface area contributed by atoms with E-state index >= 15 is 0 Å². The molecule has 1 aliphatic rings. The number of hydrogen-bond acceptors (Lipinski definition) is 5. The normalized spacial score (nSPS) is 16.8. The minimum atomic E-state index is -3.82. The summed E-state index contributed by atoms with van der Waals surface area (Å²) in [6.45, 7) is 7.32. The van der Waals surface area contributed by atoms with Gasteiger partial charge in [-0.3, -0.25) is 4.79 Å². The zero-order chi connectivity index (χ0) is 18.6. The molecule has 140 valence electrons. The zero-order valence-electron chi connectivity index (χ0n) is 15.1. The van der Waals surface area contributed by atoms with E-state index < -0.39 is 16.1 Å². The number of rotatable bonds is 6. The molecular formula is C17H26N2O5S. The third-order valence-electron chi connectivity index (χ3n) is 4.21. The van der Waals surface area contributed by atoms with E-state index in [4.69, 9.17) is 9.47 Å². The van der Waals surface area contributed by atoms with Gasteiger partial charge in [-0.25, -0.2) is 8.42 Å². The number of carbonyl (C=O) groups is 1. The predicted molar refractivity (Wildman–Crippen MR) is 94.1 cm³/mol. The number of benzene rings is 1. The first kappa shape index (κ1) is 19.7. The molecular weight excluding hydrogens is 344 g/mol. The van der Waals surface area contributed by atoms with Crippen LogP contribution in [0, 0.1) is 12.8 Å². The molecule has 1 amide bonds. The van der Waals surface area contributed by atoms with E-state index in [9.17, 15) is 13.2 Å². The molecule has 7 nitrogen and oxygen atoms in total. The molecule has 25 heavy (non-hydrogen) atoms. The second-order valence-electron chi connectivity index (χ2n) is 6.41. The Balaban J connectivity index is 2.22. The predicted octanol–water partition coefficient (Wildman–Crippen LogP) is 1.17. The Morgan fingerprint density at radius 1 is 1.28 bits per heavy atom. The maximum atomic E-state index is 12.7. The maximum Gasteiger partial charge on any atom is 0.241 e. The number of sulfonamides is 1. The van der Waals surface area contributed by atoms with Crippen LogP contribution in [-0.2, 0) is 19.6 Å². The highest BCUT2D eigenvalue weighted by atomic mass is 32.2. The Kier molecular flexibility index (Phi) is 6.42. The van der Waals surface area contributed by atoms with Crippen molar-refractivity contribution in [2.45, 2.75) is 31.7 Å². The van der Waals surface area contributed by atoms with Crippen LogP contribution in [0.1, 0.15) is 19.4 Å². The molecule has 1 aromatic rings. The Hall–Kier alpha value is -1.64. The van der Waals surface area contributed by atoms with E-state index in [0.717, 1.165) is 0 Å². The van der Waals surface area contributed by atoms with E-state index in [1.165, 1.54) is 19.2 Å². The van der Waals surface area contributed by atoms with Crippen molar-refractivity contribution in [2.24, 2.45) is 5.92 Å². The van der Waals surface area contributed by atoms with E-state index in [1.807, 2.05) is 13.8 Å². The van der Waals surface area contributed by atoms with Crippen molar-refractivity contribution < 1.29 is 22.7 Å². The van der Waals surface area contributed by atoms with Gasteiger partial charge in [0.15, 0.2) is 0 Å². The number of morpholine rings is 1. The molecule has 1 saturated heterocycles. The molecule has 0 radical (unpaired) electrons. The van der Waals surface area contributed by atoms with Gasteiger partial charge in [0.1, 0.15) is 11.8 Å². The van der Waals surface area contributed by atoms with Gasteiger partial charge >= 0.3 is 0 Å². The van der Waals surface area contributed by atoms with Crippen LogP contribution in [-0.4, -0.2) is 58.7 Å². The maximum absolute atomic E-state index is 12.7. The minimum absolute atomic E-state index is 0.117. The molecule has 1 fully saturated rings. The summed E-state index contributed by atoms with van der Waals surface area (Å²) in [5.74, 6) is 0.223. The van der Waals surface area contributed by atoms with Crippen molar-refractivity contribution >= 4 is 15.9 Å². The number of hydrogen-bond donors (Lipinski definition) is 1. The molecule has 1 heterocycles. The van der Waals surface area contributed by atoms with Gasteiger partial charge in [0.2, 0.25) is 15.9 Å². The Bertz CT molecular complexity index is 712. The fourth-order valence-electron chi connectivity index (χ4n) is 2.71. The summed E-state index contributed by atoms with van der Waals surface area (Å²) in [5, 5.41) is 0. The van der Waals surface area contributed by atoms with Gasteiger partial charge in [0, 0.05) is 13.1 Å². The lowest BCUT2D eigenvalue weighted by Gasteiger charge is -2.32. The zero-order valence-corrected chi connectivity index (χ0v) is 15.9. The number of carbonyl (C=O) groups excluding carboxylic acids is 1. The van der Waals surface area contributed by atoms with E-state index in [0.29, 0.717) is 37.6 Å². The van der Waals surface area contributed by atoms with Crippen LogP contribution in [0.2, 0.25) is 0 Å². The smallest absolute Gasteiger partial charge is 0.241 e. The minimum Gasteiger partial charge on any atom is -0.496 e. The fraction of sp³-hybridized carbons (Fsp3) is 0.588. The molecule has 0 aliphatic carbocycles. The number of nitrogens with zero attached hydrogens (tertiary/aromatic N) is 1. The van der Waals surface area contributed by atoms with Crippen molar-refractivity contribution in [1.82, 2.24) is 9.62 Å². The van der Waals surface area contributed by atoms with Crippen LogP contribution in [0.4, 0.5) is 0 Å². The van der Waals surface area contributed by atoms with Crippen molar-refractivity contribution in [3.05, 3.63) is 23.8 Å². The van der Waals surface area contributed by atoms with Crippen LogP contribution in [0.25, 0.3) is 0 Å². The Labute approximate surface area is 149 Å². The average Bonchev–Trinajstić information content (AvgIpc) is 2.59. The SMILES string of the molecule is COc1ccc(S(=O)(=O)N[C@H](C(=O)N2CCOCC2)C(C)C)cc1C. The molecule has 0 aromatic heterocycles. The van der Waals surface area contributed by atoms with E-state index in [-0.39, 0.29) is 16.7 Å². The van der Waals surface area contributed by atoms with Crippen LogP contribution in [0.15, 0.2) is 23.1 Å². The third-order valence-corrected chi connectivity index (χ3v) is 5.65. The standard InChI is InChI=1S/C17H26N2O5S/c1-12(2)16(17(20)19-7-9-24-10-8-19)18-25(21,22)14-5-6-15(23-4)13(3)11-14/h5-6,11-12,16,18H,7-10H2,1-4H3/t16-/m0/s1. The van der Waals surface area contributed by atoms with Crippen LogP contribution < -0.4 is 9.46 Å². The average molecular weight is 370 g/mol. The fourth-order valence-corrected chi connectivity index (χ4v) is 4.13. The molecule has 1 aromatic carbocycles. The number of amides is 1. The molecule has 2 rings (SSSR count). The highest BCUT2D eigenvalue weighted by Gasteiger charge is 2.32.